The molecule has 2 heterocycles. The van der Waals surface area contributed by atoms with Crippen molar-refractivity contribution in [3.63, 3.8) is 0 Å². The molecule has 2 aromatic rings. The molecular formula is C14H16BrClN2O3S. The zero-order chi connectivity index (χ0) is 16.4. The van der Waals surface area contributed by atoms with Gasteiger partial charge in [0, 0.05) is 10.9 Å². The molecule has 0 spiro atoms. The number of aromatic nitrogens is 2. The second-order valence-corrected chi connectivity index (χ2v) is 7.30. The summed E-state index contributed by atoms with van der Waals surface area (Å²) >= 11 is 10.5. The number of carbonyl (C=O) groups is 1. The van der Waals surface area contributed by atoms with Gasteiger partial charge in [0.25, 0.3) is 0 Å². The van der Waals surface area contributed by atoms with Crippen LogP contribution in [0.25, 0.3) is 0 Å². The van der Waals surface area contributed by atoms with Gasteiger partial charge in [0.1, 0.15) is 6.10 Å². The SMILES string of the molecule is CCOC(=O)c1nc(Br)n(C(C)C)c1C(O)c1ccc(Cl)s1. The first-order valence-corrected chi connectivity index (χ1v) is 8.73. The van der Waals surface area contributed by atoms with E-state index in [1.165, 1.54) is 11.3 Å². The summed E-state index contributed by atoms with van der Waals surface area (Å²) in [6, 6.07) is 3.45. The van der Waals surface area contributed by atoms with Crippen molar-refractivity contribution < 1.29 is 14.6 Å². The van der Waals surface area contributed by atoms with Crippen LogP contribution >= 0.6 is 38.9 Å². The highest BCUT2D eigenvalue weighted by Crippen LogP contribution is 2.35. The number of thiophene rings is 1. The van der Waals surface area contributed by atoms with E-state index in [1.54, 1.807) is 23.6 Å². The highest BCUT2D eigenvalue weighted by atomic mass is 79.9. The van der Waals surface area contributed by atoms with Crippen LogP contribution < -0.4 is 0 Å². The molecule has 1 unspecified atom stereocenters. The number of esters is 1. The molecule has 0 bridgehead atoms. The number of aliphatic hydroxyl groups excluding tert-OH is 1. The molecule has 0 fully saturated rings. The first-order chi connectivity index (χ1) is 10.4. The highest BCUT2D eigenvalue weighted by molar-refractivity contribution is 9.10. The summed E-state index contributed by atoms with van der Waals surface area (Å²) in [5.74, 6) is -0.556. The van der Waals surface area contributed by atoms with Crippen LogP contribution in [0, 0.1) is 0 Å². The molecule has 2 rings (SSSR count). The minimum absolute atomic E-state index is 0.00476. The number of carbonyl (C=O) groups excluding carboxylic acids is 1. The van der Waals surface area contributed by atoms with Crippen LogP contribution in [-0.2, 0) is 4.74 Å². The molecule has 0 amide bonds. The molecule has 2 aromatic heterocycles. The lowest BCUT2D eigenvalue weighted by molar-refractivity contribution is 0.0513. The third-order valence-electron chi connectivity index (χ3n) is 3.01. The van der Waals surface area contributed by atoms with Crippen LogP contribution in [0.1, 0.15) is 54.0 Å². The monoisotopic (exact) mass is 406 g/mol. The molecule has 0 aliphatic carbocycles. The molecule has 1 atom stereocenters. The average molecular weight is 408 g/mol. The molecule has 0 aromatic carbocycles. The lowest BCUT2D eigenvalue weighted by atomic mass is 10.1. The molecule has 8 heteroatoms. The number of hydrogen-bond acceptors (Lipinski definition) is 5. The molecule has 0 saturated carbocycles. The third kappa shape index (κ3) is 3.37. The molecule has 0 aliphatic rings. The van der Waals surface area contributed by atoms with Crippen molar-refractivity contribution in [1.82, 2.24) is 9.55 Å². The lowest BCUT2D eigenvalue weighted by Crippen LogP contribution is -2.15. The van der Waals surface area contributed by atoms with E-state index in [-0.39, 0.29) is 18.3 Å². The fraction of sp³-hybridized carbons (Fsp3) is 0.429. The summed E-state index contributed by atoms with van der Waals surface area (Å²) in [5.41, 5.74) is 0.512. The Morgan fingerprint density at radius 3 is 2.73 bits per heavy atom. The topological polar surface area (TPSA) is 64.3 Å². The summed E-state index contributed by atoms with van der Waals surface area (Å²) in [7, 11) is 0. The van der Waals surface area contributed by atoms with Crippen molar-refractivity contribution >= 4 is 44.8 Å². The van der Waals surface area contributed by atoms with Crippen molar-refractivity contribution in [3.05, 3.63) is 37.5 Å². The van der Waals surface area contributed by atoms with Gasteiger partial charge in [0.15, 0.2) is 10.4 Å². The Morgan fingerprint density at radius 1 is 1.55 bits per heavy atom. The van der Waals surface area contributed by atoms with E-state index in [2.05, 4.69) is 20.9 Å². The fourth-order valence-corrected chi connectivity index (χ4v) is 3.96. The Kier molecular flexibility index (Phi) is 5.65. The summed E-state index contributed by atoms with van der Waals surface area (Å²) in [6.45, 7) is 5.85. The Balaban J connectivity index is 2.57. The van der Waals surface area contributed by atoms with Gasteiger partial charge in [0.05, 0.1) is 16.6 Å². The highest BCUT2D eigenvalue weighted by Gasteiger charge is 2.30. The van der Waals surface area contributed by atoms with Gasteiger partial charge >= 0.3 is 5.97 Å². The second kappa shape index (κ2) is 7.12. The molecule has 120 valence electrons. The van der Waals surface area contributed by atoms with Crippen molar-refractivity contribution in [2.45, 2.75) is 32.9 Å². The van der Waals surface area contributed by atoms with Crippen LogP contribution in [-0.4, -0.2) is 27.2 Å². The molecular weight excluding hydrogens is 392 g/mol. The van der Waals surface area contributed by atoms with E-state index in [4.69, 9.17) is 16.3 Å². The molecule has 1 N–H and O–H groups in total. The second-order valence-electron chi connectivity index (χ2n) is 4.84. The van der Waals surface area contributed by atoms with E-state index in [9.17, 15) is 9.90 Å². The molecule has 5 nitrogen and oxygen atoms in total. The van der Waals surface area contributed by atoms with Crippen LogP contribution in [0.5, 0.6) is 0 Å². The molecule has 0 aliphatic heterocycles. The maximum atomic E-state index is 12.1. The first kappa shape index (κ1) is 17.5. The van der Waals surface area contributed by atoms with Gasteiger partial charge in [0.2, 0.25) is 0 Å². The average Bonchev–Trinajstić information content (AvgIpc) is 3.02. The Labute approximate surface area is 146 Å². The quantitative estimate of drug-likeness (QED) is 0.754. The van der Waals surface area contributed by atoms with Gasteiger partial charge in [-0.3, -0.25) is 0 Å². The largest absolute Gasteiger partial charge is 0.461 e. The Hall–Kier alpha value is -0.890. The summed E-state index contributed by atoms with van der Waals surface area (Å²) < 4.78 is 7.85. The Morgan fingerprint density at radius 2 is 2.23 bits per heavy atom. The normalized spacial score (nSPS) is 12.7. The van der Waals surface area contributed by atoms with E-state index < -0.39 is 12.1 Å². The Bertz CT molecular complexity index is 684. The number of aliphatic hydroxyl groups is 1. The molecule has 0 saturated heterocycles. The number of imidazole rings is 1. The van der Waals surface area contributed by atoms with Crippen LogP contribution in [0.2, 0.25) is 4.34 Å². The van der Waals surface area contributed by atoms with Gasteiger partial charge < -0.3 is 14.4 Å². The minimum atomic E-state index is -1.00. The fourth-order valence-electron chi connectivity index (χ4n) is 2.13. The van der Waals surface area contributed by atoms with E-state index in [1.807, 2.05) is 13.8 Å². The van der Waals surface area contributed by atoms with Crippen molar-refractivity contribution in [1.29, 1.82) is 0 Å². The zero-order valence-electron chi connectivity index (χ0n) is 12.3. The zero-order valence-corrected chi connectivity index (χ0v) is 15.5. The van der Waals surface area contributed by atoms with Crippen molar-refractivity contribution in [3.8, 4) is 0 Å². The number of ether oxygens (including phenoxy) is 1. The predicted octanol–water partition coefficient (Wildman–Crippen LogP) is 4.20. The number of nitrogens with zero attached hydrogens (tertiary/aromatic N) is 2. The summed E-state index contributed by atoms with van der Waals surface area (Å²) in [6.07, 6.45) is -1.00. The predicted molar refractivity (Wildman–Crippen MR) is 89.7 cm³/mol. The van der Waals surface area contributed by atoms with E-state index >= 15 is 0 Å². The van der Waals surface area contributed by atoms with Gasteiger partial charge in [-0.25, -0.2) is 9.78 Å². The summed E-state index contributed by atoms with van der Waals surface area (Å²) in [5, 5.41) is 10.7. The number of rotatable bonds is 5. The first-order valence-electron chi connectivity index (χ1n) is 6.74. The van der Waals surface area contributed by atoms with Crippen LogP contribution in [0.3, 0.4) is 0 Å². The maximum Gasteiger partial charge on any atom is 0.358 e. The maximum absolute atomic E-state index is 12.1. The molecule has 0 radical (unpaired) electrons. The number of hydrogen-bond donors (Lipinski definition) is 1. The minimum Gasteiger partial charge on any atom is -0.461 e. The van der Waals surface area contributed by atoms with Gasteiger partial charge in [-0.1, -0.05) is 11.6 Å². The third-order valence-corrected chi connectivity index (χ3v) is 4.86. The van der Waals surface area contributed by atoms with Crippen LogP contribution in [0.15, 0.2) is 16.9 Å². The van der Waals surface area contributed by atoms with Gasteiger partial charge in [-0.2, -0.15) is 0 Å². The molecule has 22 heavy (non-hydrogen) atoms. The smallest absolute Gasteiger partial charge is 0.358 e. The van der Waals surface area contributed by atoms with E-state index in [0.29, 0.717) is 19.6 Å². The van der Waals surface area contributed by atoms with Gasteiger partial charge in [-0.05, 0) is 48.8 Å². The summed E-state index contributed by atoms with van der Waals surface area (Å²) in [4.78, 5) is 17.0. The number of halogens is 2. The lowest BCUT2D eigenvalue weighted by Gasteiger charge is -2.17. The van der Waals surface area contributed by atoms with E-state index in [0.717, 1.165) is 0 Å². The van der Waals surface area contributed by atoms with Gasteiger partial charge in [-0.15, -0.1) is 11.3 Å². The van der Waals surface area contributed by atoms with Crippen molar-refractivity contribution in [2.75, 3.05) is 6.61 Å². The van der Waals surface area contributed by atoms with Crippen molar-refractivity contribution in [2.24, 2.45) is 0 Å². The standard InChI is InChI=1S/C14H16BrClN2O3S/c1-4-21-13(20)10-11(18(7(2)3)14(15)17-10)12(19)8-5-6-9(16)22-8/h5-7,12,19H,4H2,1-3H3. The van der Waals surface area contributed by atoms with Crippen LogP contribution in [0.4, 0.5) is 0 Å².